The molecule has 0 aliphatic heterocycles. The van der Waals surface area contributed by atoms with Gasteiger partial charge in [-0.15, -0.1) is 0 Å². The number of amides is 1. The van der Waals surface area contributed by atoms with Gasteiger partial charge < -0.3 is 15.8 Å². The number of ether oxygens (including phenoxy) is 1. The Labute approximate surface area is 73.5 Å². The van der Waals surface area contributed by atoms with Gasteiger partial charge in [-0.3, -0.25) is 4.79 Å². The fourth-order valence-corrected chi connectivity index (χ4v) is 0.783. The molecule has 0 heterocycles. The van der Waals surface area contributed by atoms with Crippen LogP contribution >= 0.6 is 0 Å². The first-order valence-corrected chi connectivity index (χ1v) is 4.19. The van der Waals surface area contributed by atoms with Gasteiger partial charge in [0, 0.05) is 32.7 Å². The van der Waals surface area contributed by atoms with Crippen molar-refractivity contribution in [2.45, 2.75) is 25.8 Å². The highest BCUT2D eigenvalue weighted by Crippen LogP contribution is 1.90. The number of carbonyl (C=O) groups is 1. The summed E-state index contributed by atoms with van der Waals surface area (Å²) in [5.74, 6) is 0.0463. The van der Waals surface area contributed by atoms with Gasteiger partial charge in [0.1, 0.15) is 0 Å². The van der Waals surface area contributed by atoms with Crippen molar-refractivity contribution in [1.82, 2.24) is 5.32 Å². The number of rotatable bonds is 6. The molecule has 0 aliphatic rings. The third kappa shape index (κ3) is 6.12. The van der Waals surface area contributed by atoms with Crippen molar-refractivity contribution in [3.8, 4) is 0 Å². The highest BCUT2D eigenvalue weighted by molar-refractivity contribution is 5.76. The van der Waals surface area contributed by atoms with Crippen LogP contribution in [0.1, 0.15) is 19.8 Å². The molecule has 0 aromatic heterocycles. The fourth-order valence-electron chi connectivity index (χ4n) is 0.783. The molecule has 0 saturated heterocycles. The van der Waals surface area contributed by atoms with E-state index >= 15 is 0 Å². The van der Waals surface area contributed by atoms with Gasteiger partial charge in [-0.25, -0.2) is 0 Å². The molecule has 0 aromatic rings. The second kappa shape index (κ2) is 7.06. The number of carbonyl (C=O) groups excluding carboxylic acids is 1. The zero-order valence-corrected chi connectivity index (χ0v) is 7.80. The van der Waals surface area contributed by atoms with Gasteiger partial charge in [0.15, 0.2) is 0 Å². The Balaban J connectivity index is 3.33. The van der Waals surface area contributed by atoms with Crippen molar-refractivity contribution >= 4 is 5.91 Å². The molecule has 4 nitrogen and oxygen atoms in total. The SMILES string of the molecule is COCCCC(=O)NC(C)CN. The van der Waals surface area contributed by atoms with E-state index in [2.05, 4.69) is 5.32 Å². The van der Waals surface area contributed by atoms with Crippen molar-refractivity contribution in [3.63, 3.8) is 0 Å². The molecule has 1 atom stereocenters. The molecule has 0 aromatic carbocycles. The van der Waals surface area contributed by atoms with Crippen molar-refractivity contribution in [1.29, 1.82) is 0 Å². The van der Waals surface area contributed by atoms with Crippen LogP contribution < -0.4 is 11.1 Å². The molecule has 12 heavy (non-hydrogen) atoms. The predicted octanol–water partition coefficient (Wildman–Crippen LogP) is -0.124. The maximum Gasteiger partial charge on any atom is 0.220 e. The summed E-state index contributed by atoms with van der Waals surface area (Å²) in [6.07, 6.45) is 1.28. The van der Waals surface area contributed by atoms with E-state index in [0.717, 1.165) is 6.42 Å². The van der Waals surface area contributed by atoms with Crippen LogP contribution in [0, 0.1) is 0 Å². The molecule has 0 rings (SSSR count). The van der Waals surface area contributed by atoms with E-state index in [9.17, 15) is 4.79 Å². The molecule has 3 N–H and O–H groups in total. The van der Waals surface area contributed by atoms with E-state index in [4.69, 9.17) is 10.5 Å². The van der Waals surface area contributed by atoms with Crippen LogP contribution in [-0.2, 0) is 9.53 Å². The second-order valence-corrected chi connectivity index (χ2v) is 2.80. The van der Waals surface area contributed by atoms with Gasteiger partial charge in [0.25, 0.3) is 0 Å². The number of hydrogen-bond acceptors (Lipinski definition) is 3. The maximum atomic E-state index is 11.1. The Kier molecular flexibility index (Phi) is 6.70. The van der Waals surface area contributed by atoms with Crippen LogP contribution in [0.15, 0.2) is 0 Å². The molecule has 0 saturated carbocycles. The first kappa shape index (κ1) is 11.4. The molecular weight excluding hydrogens is 156 g/mol. The highest BCUT2D eigenvalue weighted by Gasteiger charge is 2.04. The quantitative estimate of drug-likeness (QED) is 0.552. The van der Waals surface area contributed by atoms with E-state index in [1.54, 1.807) is 7.11 Å². The average molecular weight is 174 g/mol. The van der Waals surface area contributed by atoms with Gasteiger partial charge in [0.2, 0.25) is 5.91 Å². The Morgan fingerprint density at radius 2 is 2.33 bits per heavy atom. The van der Waals surface area contributed by atoms with Crippen molar-refractivity contribution in [3.05, 3.63) is 0 Å². The molecule has 4 heteroatoms. The fraction of sp³-hybridized carbons (Fsp3) is 0.875. The van der Waals surface area contributed by atoms with Gasteiger partial charge in [0.05, 0.1) is 0 Å². The first-order valence-electron chi connectivity index (χ1n) is 4.19. The molecule has 72 valence electrons. The minimum Gasteiger partial charge on any atom is -0.385 e. The van der Waals surface area contributed by atoms with Crippen molar-refractivity contribution in [2.24, 2.45) is 5.73 Å². The molecular formula is C8H18N2O2. The van der Waals surface area contributed by atoms with E-state index in [-0.39, 0.29) is 11.9 Å². The lowest BCUT2D eigenvalue weighted by Crippen LogP contribution is -2.37. The van der Waals surface area contributed by atoms with Gasteiger partial charge in [-0.2, -0.15) is 0 Å². The predicted molar refractivity (Wildman–Crippen MR) is 47.8 cm³/mol. The van der Waals surface area contributed by atoms with Crippen LogP contribution in [0.3, 0.4) is 0 Å². The summed E-state index contributed by atoms with van der Waals surface area (Å²) < 4.78 is 4.82. The molecule has 1 amide bonds. The van der Waals surface area contributed by atoms with Crippen LogP contribution in [0.5, 0.6) is 0 Å². The van der Waals surface area contributed by atoms with Crippen LogP contribution in [0.2, 0.25) is 0 Å². The lowest BCUT2D eigenvalue weighted by Gasteiger charge is -2.10. The largest absolute Gasteiger partial charge is 0.385 e. The lowest BCUT2D eigenvalue weighted by atomic mass is 10.2. The summed E-state index contributed by atoms with van der Waals surface area (Å²) in [7, 11) is 1.63. The molecule has 0 radical (unpaired) electrons. The first-order chi connectivity index (χ1) is 5.70. The molecule has 0 spiro atoms. The summed E-state index contributed by atoms with van der Waals surface area (Å²) in [4.78, 5) is 11.1. The van der Waals surface area contributed by atoms with Crippen molar-refractivity contribution in [2.75, 3.05) is 20.3 Å². The maximum absolute atomic E-state index is 11.1. The second-order valence-electron chi connectivity index (χ2n) is 2.80. The van der Waals surface area contributed by atoms with E-state index < -0.39 is 0 Å². The molecule has 1 unspecified atom stereocenters. The lowest BCUT2D eigenvalue weighted by molar-refractivity contribution is -0.121. The van der Waals surface area contributed by atoms with Gasteiger partial charge in [-0.1, -0.05) is 0 Å². The molecule has 0 aliphatic carbocycles. The van der Waals surface area contributed by atoms with E-state index in [1.807, 2.05) is 6.92 Å². The molecule has 0 fully saturated rings. The van der Waals surface area contributed by atoms with Crippen LogP contribution in [-0.4, -0.2) is 32.2 Å². The Morgan fingerprint density at radius 3 is 2.83 bits per heavy atom. The van der Waals surface area contributed by atoms with Crippen LogP contribution in [0.4, 0.5) is 0 Å². The minimum atomic E-state index is 0.0463. The molecule has 0 bridgehead atoms. The van der Waals surface area contributed by atoms with E-state index in [1.165, 1.54) is 0 Å². The summed E-state index contributed by atoms with van der Waals surface area (Å²) >= 11 is 0. The highest BCUT2D eigenvalue weighted by atomic mass is 16.5. The normalized spacial score (nSPS) is 12.6. The Hall–Kier alpha value is -0.610. The third-order valence-corrected chi connectivity index (χ3v) is 1.51. The number of hydrogen-bond donors (Lipinski definition) is 2. The topological polar surface area (TPSA) is 64.3 Å². The standard InChI is InChI=1S/C8H18N2O2/c1-7(6-9)10-8(11)4-3-5-12-2/h7H,3-6,9H2,1-2H3,(H,10,11). The zero-order valence-electron chi connectivity index (χ0n) is 7.80. The van der Waals surface area contributed by atoms with Crippen LogP contribution in [0.25, 0.3) is 0 Å². The smallest absolute Gasteiger partial charge is 0.220 e. The minimum absolute atomic E-state index is 0.0463. The summed E-state index contributed by atoms with van der Waals surface area (Å²) in [6.45, 7) is 2.99. The third-order valence-electron chi connectivity index (χ3n) is 1.51. The number of nitrogens with two attached hydrogens (primary N) is 1. The monoisotopic (exact) mass is 174 g/mol. The summed E-state index contributed by atoms with van der Waals surface area (Å²) in [6, 6.07) is 0.0695. The Bertz CT molecular complexity index is 128. The zero-order chi connectivity index (χ0) is 9.40. The number of methoxy groups -OCH3 is 1. The van der Waals surface area contributed by atoms with E-state index in [0.29, 0.717) is 19.6 Å². The Morgan fingerprint density at radius 1 is 1.67 bits per heavy atom. The van der Waals surface area contributed by atoms with Gasteiger partial charge >= 0.3 is 0 Å². The number of nitrogens with one attached hydrogen (secondary N) is 1. The summed E-state index contributed by atoms with van der Waals surface area (Å²) in [5, 5.41) is 2.77. The average Bonchev–Trinajstić information content (AvgIpc) is 2.05. The van der Waals surface area contributed by atoms with Gasteiger partial charge in [-0.05, 0) is 13.3 Å². The van der Waals surface area contributed by atoms with Crippen molar-refractivity contribution < 1.29 is 9.53 Å². The summed E-state index contributed by atoms with van der Waals surface area (Å²) in [5.41, 5.74) is 5.34.